The number of nitrogens with zero attached hydrogens (tertiary/aromatic N) is 2. The molecule has 0 saturated carbocycles. The van der Waals surface area contributed by atoms with E-state index in [1.54, 1.807) is 13.3 Å². The lowest BCUT2D eigenvalue weighted by atomic mass is 9.82. The summed E-state index contributed by atoms with van der Waals surface area (Å²) in [5, 5.41) is 13.6. The molecule has 0 aliphatic heterocycles. The predicted octanol–water partition coefficient (Wildman–Crippen LogP) is 5.13. The van der Waals surface area contributed by atoms with Crippen molar-refractivity contribution in [3.05, 3.63) is 59.3 Å². The number of aliphatic hydroxyl groups is 1. The number of aromatic nitrogens is 2. The first-order chi connectivity index (χ1) is 14.2. The zero-order chi connectivity index (χ0) is 21.9. The minimum absolute atomic E-state index is 0.00920. The fourth-order valence-corrected chi connectivity index (χ4v) is 3.49. The maximum Gasteiger partial charge on any atom is 0.145 e. The Hall–Kier alpha value is -2.66. The van der Waals surface area contributed by atoms with Gasteiger partial charge in [0.1, 0.15) is 11.6 Å². The summed E-state index contributed by atoms with van der Waals surface area (Å²) in [7, 11) is 1.67. The molecule has 0 aliphatic carbocycles. The summed E-state index contributed by atoms with van der Waals surface area (Å²) in [5.41, 5.74) is 4.83. The number of fused-ring (bicyclic) bond motifs is 1. The SMILES string of the molecule is COc1ccc(C(C)(C)C)cc1C(CO)c1ccc2nc(NCC(C)C)cnc2c1. The molecule has 0 radical (unpaired) electrons. The maximum absolute atomic E-state index is 10.3. The molecule has 2 N–H and O–H groups in total. The number of nitrogens with one attached hydrogen (secondary N) is 1. The van der Waals surface area contributed by atoms with Crippen molar-refractivity contribution in [2.24, 2.45) is 5.92 Å². The Balaban J connectivity index is 1.99. The smallest absolute Gasteiger partial charge is 0.145 e. The number of hydrogen-bond donors (Lipinski definition) is 2. The molecule has 5 nitrogen and oxygen atoms in total. The van der Waals surface area contributed by atoms with Gasteiger partial charge in [0.2, 0.25) is 0 Å². The fraction of sp³-hybridized carbons (Fsp3) is 0.440. The molecule has 0 bridgehead atoms. The number of benzene rings is 2. The molecule has 0 spiro atoms. The highest BCUT2D eigenvalue weighted by Gasteiger charge is 2.22. The standard InChI is InChI=1S/C25H33N3O2/c1-16(2)13-27-24-14-26-22-11-17(7-9-21(22)28-24)20(15-29)19-12-18(25(3,4)5)8-10-23(19)30-6/h7-12,14,16,20,29H,13,15H2,1-6H3,(H,27,28). The normalized spacial score (nSPS) is 12.9. The van der Waals surface area contributed by atoms with Crippen molar-refractivity contribution in [2.45, 2.75) is 46.0 Å². The summed E-state index contributed by atoms with van der Waals surface area (Å²) in [5.74, 6) is 1.89. The van der Waals surface area contributed by atoms with Gasteiger partial charge in [0.15, 0.2) is 0 Å². The van der Waals surface area contributed by atoms with Gasteiger partial charge in [-0.2, -0.15) is 0 Å². The second kappa shape index (κ2) is 9.00. The van der Waals surface area contributed by atoms with E-state index in [0.29, 0.717) is 5.92 Å². The van der Waals surface area contributed by atoms with Crippen LogP contribution in [0.15, 0.2) is 42.6 Å². The first-order valence-electron chi connectivity index (χ1n) is 10.5. The van der Waals surface area contributed by atoms with Crippen molar-refractivity contribution in [1.29, 1.82) is 0 Å². The summed E-state index contributed by atoms with van der Waals surface area (Å²) < 4.78 is 5.62. The first kappa shape index (κ1) is 22.0. The number of anilines is 1. The zero-order valence-electron chi connectivity index (χ0n) is 18.9. The Morgan fingerprint density at radius 2 is 1.83 bits per heavy atom. The van der Waals surface area contributed by atoms with Crippen molar-refractivity contribution < 1.29 is 9.84 Å². The predicted molar refractivity (Wildman–Crippen MR) is 123 cm³/mol. The third-order valence-electron chi connectivity index (χ3n) is 5.31. The third-order valence-corrected chi connectivity index (χ3v) is 5.31. The molecule has 1 atom stereocenters. The van der Waals surface area contributed by atoms with Crippen LogP contribution in [0.1, 0.15) is 57.2 Å². The van der Waals surface area contributed by atoms with E-state index in [1.807, 2.05) is 24.3 Å². The van der Waals surface area contributed by atoms with Gasteiger partial charge in [-0.15, -0.1) is 0 Å². The zero-order valence-corrected chi connectivity index (χ0v) is 18.9. The lowest BCUT2D eigenvalue weighted by Gasteiger charge is -2.24. The molecule has 5 heteroatoms. The van der Waals surface area contributed by atoms with Gasteiger partial charge in [-0.1, -0.05) is 52.8 Å². The topological polar surface area (TPSA) is 67.3 Å². The van der Waals surface area contributed by atoms with Crippen LogP contribution >= 0.6 is 0 Å². The second-order valence-electron chi connectivity index (χ2n) is 9.22. The number of methoxy groups -OCH3 is 1. The van der Waals surface area contributed by atoms with E-state index in [2.05, 4.69) is 62.0 Å². The lowest BCUT2D eigenvalue weighted by molar-refractivity contribution is 0.277. The van der Waals surface area contributed by atoms with Gasteiger partial charge in [-0.05, 0) is 40.7 Å². The monoisotopic (exact) mass is 407 g/mol. The average molecular weight is 408 g/mol. The largest absolute Gasteiger partial charge is 0.496 e. The molecule has 0 fully saturated rings. The van der Waals surface area contributed by atoms with Crippen molar-refractivity contribution in [3.63, 3.8) is 0 Å². The molecule has 160 valence electrons. The second-order valence-corrected chi connectivity index (χ2v) is 9.22. The number of rotatable bonds is 7. The van der Waals surface area contributed by atoms with Gasteiger partial charge >= 0.3 is 0 Å². The van der Waals surface area contributed by atoms with Crippen LogP contribution in [0.25, 0.3) is 11.0 Å². The van der Waals surface area contributed by atoms with Crippen LogP contribution in [0.4, 0.5) is 5.82 Å². The Bertz CT molecular complexity index is 1010. The molecule has 30 heavy (non-hydrogen) atoms. The fourth-order valence-electron chi connectivity index (χ4n) is 3.49. The lowest BCUT2D eigenvalue weighted by Crippen LogP contribution is -2.14. The van der Waals surface area contributed by atoms with E-state index in [1.165, 1.54) is 5.56 Å². The molecule has 1 aromatic heterocycles. The highest BCUT2D eigenvalue weighted by molar-refractivity contribution is 5.76. The van der Waals surface area contributed by atoms with Gasteiger partial charge in [0.25, 0.3) is 0 Å². The van der Waals surface area contributed by atoms with Gasteiger partial charge in [0.05, 0.1) is 30.9 Å². The van der Waals surface area contributed by atoms with E-state index in [-0.39, 0.29) is 17.9 Å². The van der Waals surface area contributed by atoms with Gasteiger partial charge in [-0.3, -0.25) is 4.98 Å². The van der Waals surface area contributed by atoms with Gasteiger partial charge < -0.3 is 15.2 Å². The van der Waals surface area contributed by atoms with Crippen LogP contribution in [0.5, 0.6) is 5.75 Å². The summed E-state index contributed by atoms with van der Waals surface area (Å²) in [6.45, 7) is 11.7. The van der Waals surface area contributed by atoms with Crippen LogP contribution in [-0.4, -0.2) is 35.3 Å². The summed E-state index contributed by atoms with van der Waals surface area (Å²) in [6.07, 6.45) is 1.77. The Morgan fingerprint density at radius 3 is 2.47 bits per heavy atom. The highest BCUT2D eigenvalue weighted by atomic mass is 16.5. The minimum Gasteiger partial charge on any atom is -0.496 e. The number of ether oxygens (including phenoxy) is 1. The number of hydrogen-bond acceptors (Lipinski definition) is 5. The quantitative estimate of drug-likeness (QED) is 0.568. The minimum atomic E-state index is -0.202. The summed E-state index contributed by atoms with van der Waals surface area (Å²) in [4.78, 5) is 9.26. The van der Waals surface area contributed by atoms with Crippen LogP contribution in [0.2, 0.25) is 0 Å². The van der Waals surface area contributed by atoms with Crippen LogP contribution in [0.3, 0.4) is 0 Å². The molecular formula is C25H33N3O2. The van der Waals surface area contributed by atoms with Crippen molar-refractivity contribution in [2.75, 3.05) is 25.6 Å². The summed E-state index contributed by atoms with van der Waals surface area (Å²) >= 11 is 0. The summed E-state index contributed by atoms with van der Waals surface area (Å²) in [6, 6.07) is 12.2. The third kappa shape index (κ3) is 4.90. The highest BCUT2D eigenvalue weighted by Crippen LogP contribution is 2.36. The van der Waals surface area contributed by atoms with Crippen LogP contribution in [0, 0.1) is 5.92 Å². The van der Waals surface area contributed by atoms with Crippen LogP contribution < -0.4 is 10.1 Å². The van der Waals surface area contributed by atoms with E-state index in [9.17, 15) is 5.11 Å². The Labute approximate surface area is 179 Å². The van der Waals surface area contributed by atoms with Gasteiger partial charge in [-0.25, -0.2) is 4.98 Å². The Morgan fingerprint density at radius 1 is 1.07 bits per heavy atom. The van der Waals surface area contributed by atoms with Crippen LogP contribution in [-0.2, 0) is 5.41 Å². The molecule has 3 rings (SSSR count). The van der Waals surface area contributed by atoms with E-state index in [0.717, 1.165) is 40.3 Å². The molecule has 3 aromatic rings. The number of aliphatic hydroxyl groups excluding tert-OH is 1. The molecule has 1 unspecified atom stereocenters. The molecule has 2 aromatic carbocycles. The molecule has 1 heterocycles. The van der Waals surface area contributed by atoms with E-state index < -0.39 is 0 Å². The molecule has 0 saturated heterocycles. The van der Waals surface area contributed by atoms with E-state index in [4.69, 9.17) is 4.74 Å². The van der Waals surface area contributed by atoms with Gasteiger partial charge in [0, 0.05) is 18.0 Å². The maximum atomic E-state index is 10.3. The van der Waals surface area contributed by atoms with Crippen molar-refractivity contribution >= 4 is 16.9 Å². The Kier molecular flexibility index (Phi) is 6.61. The average Bonchev–Trinajstić information content (AvgIpc) is 2.72. The van der Waals surface area contributed by atoms with Crippen molar-refractivity contribution in [1.82, 2.24) is 9.97 Å². The molecular weight excluding hydrogens is 374 g/mol. The first-order valence-corrected chi connectivity index (χ1v) is 10.5. The van der Waals surface area contributed by atoms with E-state index >= 15 is 0 Å². The molecule has 0 amide bonds. The molecule has 0 aliphatic rings. The van der Waals surface area contributed by atoms with Crippen molar-refractivity contribution in [3.8, 4) is 5.75 Å².